The van der Waals surface area contributed by atoms with Gasteiger partial charge in [-0.3, -0.25) is 4.79 Å². The quantitative estimate of drug-likeness (QED) is 0.706. The van der Waals surface area contributed by atoms with E-state index in [4.69, 9.17) is 4.74 Å². The molecule has 15 heavy (non-hydrogen) atoms. The number of nitrogens with zero attached hydrogens (tertiary/aromatic N) is 1. The van der Waals surface area contributed by atoms with E-state index >= 15 is 0 Å². The fourth-order valence-electron chi connectivity index (χ4n) is 2.52. The molecule has 0 spiro atoms. The highest BCUT2D eigenvalue weighted by molar-refractivity contribution is 5.82. The summed E-state index contributed by atoms with van der Waals surface area (Å²) >= 11 is 0. The lowest BCUT2D eigenvalue weighted by Gasteiger charge is -2.34. The zero-order valence-corrected chi connectivity index (χ0v) is 9.15. The molecule has 0 unspecified atom stereocenters. The van der Waals surface area contributed by atoms with Gasteiger partial charge in [0.25, 0.3) is 0 Å². The van der Waals surface area contributed by atoms with Gasteiger partial charge in [0, 0.05) is 31.2 Å². The largest absolute Gasteiger partial charge is 0.381 e. The van der Waals surface area contributed by atoms with Crippen molar-refractivity contribution in [3.63, 3.8) is 0 Å². The van der Waals surface area contributed by atoms with Crippen molar-refractivity contribution in [1.82, 2.24) is 4.90 Å². The molecule has 3 rings (SSSR count). The van der Waals surface area contributed by atoms with Crippen molar-refractivity contribution in [3.05, 3.63) is 0 Å². The highest BCUT2D eigenvalue weighted by Crippen LogP contribution is 2.38. The third kappa shape index (κ3) is 2.03. The van der Waals surface area contributed by atoms with E-state index in [1.807, 2.05) is 0 Å². The van der Waals surface area contributed by atoms with E-state index in [0.717, 1.165) is 38.9 Å². The standard InChI is InChI=1S/C12H19NO2/c14-12(9-1-2-9)13(10-3-4-10)11-5-7-15-8-6-11/h9-11H,1-8H2. The predicted molar refractivity (Wildman–Crippen MR) is 56.4 cm³/mol. The molecule has 0 atom stereocenters. The normalized spacial score (nSPS) is 27.7. The zero-order chi connectivity index (χ0) is 10.3. The molecule has 1 amide bonds. The van der Waals surface area contributed by atoms with Crippen molar-refractivity contribution in [2.24, 2.45) is 5.92 Å². The third-order valence-electron chi connectivity index (χ3n) is 3.71. The molecule has 3 aliphatic rings. The van der Waals surface area contributed by atoms with Crippen molar-refractivity contribution in [2.45, 2.75) is 50.6 Å². The van der Waals surface area contributed by atoms with Crippen LogP contribution in [0.1, 0.15) is 38.5 Å². The lowest BCUT2D eigenvalue weighted by Crippen LogP contribution is -2.45. The van der Waals surface area contributed by atoms with Crippen LogP contribution in [0.15, 0.2) is 0 Å². The smallest absolute Gasteiger partial charge is 0.226 e. The van der Waals surface area contributed by atoms with Gasteiger partial charge in [0.05, 0.1) is 0 Å². The molecule has 3 fully saturated rings. The Kier molecular flexibility index (Phi) is 2.43. The van der Waals surface area contributed by atoms with Gasteiger partial charge >= 0.3 is 0 Å². The second-order valence-electron chi connectivity index (χ2n) is 5.09. The molecule has 3 heteroatoms. The summed E-state index contributed by atoms with van der Waals surface area (Å²) in [5.74, 6) is 0.831. The summed E-state index contributed by atoms with van der Waals surface area (Å²) in [4.78, 5) is 14.4. The fraction of sp³-hybridized carbons (Fsp3) is 0.917. The fourth-order valence-corrected chi connectivity index (χ4v) is 2.52. The molecule has 0 N–H and O–H groups in total. The lowest BCUT2D eigenvalue weighted by atomic mass is 10.1. The summed E-state index contributed by atoms with van der Waals surface area (Å²) in [6.45, 7) is 1.68. The number of rotatable bonds is 3. The Morgan fingerprint density at radius 1 is 0.933 bits per heavy atom. The van der Waals surface area contributed by atoms with E-state index in [-0.39, 0.29) is 0 Å². The first-order valence-electron chi connectivity index (χ1n) is 6.26. The van der Waals surface area contributed by atoms with Gasteiger partial charge in [0.2, 0.25) is 5.91 Å². The van der Waals surface area contributed by atoms with Gasteiger partial charge in [-0.25, -0.2) is 0 Å². The number of carbonyl (C=O) groups is 1. The lowest BCUT2D eigenvalue weighted by molar-refractivity contribution is -0.137. The van der Waals surface area contributed by atoms with Gasteiger partial charge in [-0.1, -0.05) is 0 Å². The number of hydrogen-bond donors (Lipinski definition) is 0. The van der Waals surface area contributed by atoms with Crippen LogP contribution >= 0.6 is 0 Å². The van der Waals surface area contributed by atoms with Crippen LogP contribution < -0.4 is 0 Å². The average molecular weight is 209 g/mol. The first-order valence-corrected chi connectivity index (χ1v) is 6.26. The molecular formula is C12H19NO2. The Balaban J connectivity index is 1.68. The maximum Gasteiger partial charge on any atom is 0.226 e. The third-order valence-corrected chi connectivity index (χ3v) is 3.71. The number of carbonyl (C=O) groups excluding carboxylic acids is 1. The monoisotopic (exact) mass is 209 g/mol. The Morgan fingerprint density at radius 2 is 1.53 bits per heavy atom. The van der Waals surface area contributed by atoms with E-state index in [1.165, 1.54) is 12.8 Å². The topological polar surface area (TPSA) is 29.5 Å². The Labute approximate surface area is 90.8 Å². The van der Waals surface area contributed by atoms with E-state index in [2.05, 4.69) is 4.90 Å². The van der Waals surface area contributed by atoms with Crippen LogP contribution in [0.25, 0.3) is 0 Å². The molecule has 0 radical (unpaired) electrons. The first-order chi connectivity index (χ1) is 7.36. The second-order valence-corrected chi connectivity index (χ2v) is 5.09. The highest BCUT2D eigenvalue weighted by atomic mass is 16.5. The molecule has 84 valence electrons. The van der Waals surface area contributed by atoms with Crippen molar-refractivity contribution >= 4 is 5.91 Å². The summed E-state index contributed by atoms with van der Waals surface area (Å²) in [6, 6.07) is 1.07. The molecule has 0 aromatic heterocycles. The minimum Gasteiger partial charge on any atom is -0.381 e. The van der Waals surface area contributed by atoms with Crippen LogP contribution in [0, 0.1) is 5.92 Å². The maximum atomic E-state index is 12.2. The van der Waals surface area contributed by atoms with Crippen LogP contribution in [-0.4, -0.2) is 36.1 Å². The van der Waals surface area contributed by atoms with E-state index < -0.39 is 0 Å². The summed E-state index contributed by atoms with van der Waals surface area (Å²) < 4.78 is 5.37. The molecule has 1 heterocycles. The van der Waals surface area contributed by atoms with Crippen LogP contribution in [0.4, 0.5) is 0 Å². The summed E-state index contributed by atoms with van der Waals surface area (Å²) in [6.07, 6.45) is 6.83. The summed E-state index contributed by atoms with van der Waals surface area (Å²) in [7, 11) is 0. The first kappa shape index (κ1) is 9.64. The molecule has 0 aromatic carbocycles. The molecule has 1 aliphatic heterocycles. The van der Waals surface area contributed by atoms with E-state index in [9.17, 15) is 4.79 Å². The van der Waals surface area contributed by atoms with E-state index in [0.29, 0.717) is 23.9 Å². The van der Waals surface area contributed by atoms with Crippen LogP contribution in [0.3, 0.4) is 0 Å². The van der Waals surface area contributed by atoms with Crippen LogP contribution in [0.2, 0.25) is 0 Å². The van der Waals surface area contributed by atoms with Gasteiger partial charge in [0.1, 0.15) is 0 Å². The highest BCUT2D eigenvalue weighted by Gasteiger charge is 2.43. The minimum absolute atomic E-state index is 0.383. The predicted octanol–water partition coefficient (Wildman–Crippen LogP) is 1.57. The maximum absolute atomic E-state index is 12.2. The molecule has 1 saturated heterocycles. The van der Waals surface area contributed by atoms with Crippen LogP contribution in [-0.2, 0) is 9.53 Å². The molecule has 2 aliphatic carbocycles. The van der Waals surface area contributed by atoms with Gasteiger partial charge in [0.15, 0.2) is 0 Å². The SMILES string of the molecule is O=C(C1CC1)N(C1CCOCC1)C1CC1. The Bertz CT molecular complexity index is 252. The summed E-state index contributed by atoms with van der Waals surface area (Å²) in [5.41, 5.74) is 0. The summed E-state index contributed by atoms with van der Waals surface area (Å²) in [5, 5.41) is 0. The Morgan fingerprint density at radius 3 is 2.07 bits per heavy atom. The molecular weight excluding hydrogens is 190 g/mol. The molecule has 2 saturated carbocycles. The zero-order valence-electron chi connectivity index (χ0n) is 9.15. The number of amides is 1. The van der Waals surface area contributed by atoms with E-state index in [1.54, 1.807) is 0 Å². The van der Waals surface area contributed by atoms with Gasteiger partial charge < -0.3 is 9.64 Å². The van der Waals surface area contributed by atoms with Gasteiger partial charge in [-0.05, 0) is 38.5 Å². The molecule has 0 aromatic rings. The number of hydrogen-bond acceptors (Lipinski definition) is 2. The van der Waals surface area contributed by atoms with Crippen LogP contribution in [0.5, 0.6) is 0 Å². The van der Waals surface area contributed by atoms with Gasteiger partial charge in [-0.15, -0.1) is 0 Å². The second kappa shape index (κ2) is 3.78. The van der Waals surface area contributed by atoms with Crippen molar-refractivity contribution in [1.29, 1.82) is 0 Å². The van der Waals surface area contributed by atoms with Crippen molar-refractivity contribution < 1.29 is 9.53 Å². The minimum atomic E-state index is 0.383. The number of ether oxygens (including phenoxy) is 1. The Hall–Kier alpha value is -0.570. The van der Waals surface area contributed by atoms with Crippen molar-refractivity contribution in [2.75, 3.05) is 13.2 Å². The van der Waals surface area contributed by atoms with Crippen molar-refractivity contribution in [3.8, 4) is 0 Å². The molecule has 3 nitrogen and oxygen atoms in total. The van der Waals surface area contributed by atoms with Gasteiger partial charge in [-0.2, -0.15) is 0 Å². The molecule has 0 bridgehead atoms. The average Bonchev–Trinajstić information content (AvgIpc) is 3.13.